The predicted molar refractivity (Wildman–Crippen MR) is 235 cm³/mol. The summed E-state index contributed by atoms with van der Waals surface area (Å²) >= 11 is 1.62. The highest BCUT2D eigenvalue weighted by Gasteiger charge is 2.56. The lowest BCUT2D eigenvalue weighted by atomic mass is 9.66. The number of nitrogens with zero attached hydrogens (tertiary/aromatic N) is 7. The van der Waals surface area contributed by atoms with Gasteiger partial charge in [0.1, 0.15) is 17.7 Å². The molecule has 3 atom stereocenters. The number of hydrogen-bond donors (Lipinski definition) is 3. The van der Waals surface area contributed by atoms with Gasteiger partial charge in [-0.1, -0.05) is 55.4 Å². The number of likely N-dealkylation sites (tertiary alicyclic amines) is 1. The van der Waals surface area contributed by atoms with Gasteiger partial charge in [-0.2, -0.15) is 0 Å². The van der Waals surface area contributed by atoms with Crippen LogP contribution in [0.5, 0.6) is 5.75 Å². The summed E-state index contributed by atoms with van der Waals surface area (Å²) in [6.45, 7) is 10.9. The Hall–Kier alpha value is -5.83. The predicted octanol–water partition coefficient (Wildman–Crippen LogP) is 6.73. The summed E-state index contributed by atoms with van der Waals surface area (Å²) in [7, 11) is 0. The number of anilines is 2. The van der Waals surface area contributed by atoms with Gasteiger partial charge in [-0.15, -0.1) is 21.5 Å². The van der Waals surface area contributed by atoms with Gasteiger partial charge in [0.05, 0.1) is 27.8 Å². The van der Waals surface area contributed by atoms with Crippen LogP contribution in [0.25, 0.3) is 21.7 Å². The van der Waals surface area contributed by atoms with Crippen LogP contribution in [0, 0.1) is 24.2 Å². The van der Waals surface area contributed by atoms with Gasteiger partial charge >= 0.3 is 0 Å². The number of amides is 3. The summed E-state index contributed by atoms with van der Waals surface area (Å²) in [6, 6.07) is 18.5. The maximum atomic E-state index is 14.6. The number of carbonyl (C=O) groups is 3. The van der Waals surface area contributed by atoms with Crippen LogP contribution in [0.3, 0.4) is 0 Å². The third-order valence-corrected chi connectivity index (χ3v) is 15.1. The number of phenols is 1. The van der Waals surface area contributed by atoms with Crippen molar-refractivity contribution >= 4 is 40.7 Å². The molecule has 2 aliphatic carbocycles. The number of aromatic nitrogens is 4. The van der Waals surface area contributed by atoms with Crippen LogP contribution in [0.1, 0.15) is 87.4 Å². The number of benzene rings is 2. The molecule has 1 unspecified atom stereocenters. The van der Waals surface area contributed by atoms with Crippen molar-refractivity contribution in [3.05, 3.63) is 88.8 Å². The number of aromatic hydroxyl groups is 1. The van der Waals surface area contributed by atoms with Gasteiger partial charge < -0.3 is 35.0 Å². The minimum absolute atomic E-state index is 0.00592. The molecule has 322 valence electrons. The number of para-hydroxylation sites is 1. The van der Waals surface area contributed by atoms with Crippen LogP contribution in [0.15, 0.2) is 70.7 Å². The fourth-order valence-electron chi connectivity index (χ4n) is 10.3. The van der Waals surface area contributed by atoms with Gasteiger partial charge in [0.25, 0.3) is 0 Å². The number of hydrogen-bond acceptors (Lipinski definition) is 12. The van der Waals surface area contributed by atoms with Crippen molar-refractivity contribution in [1.29, 1.82) is 0 Å². The molecule has 4 fully saturated rings. The van der Waals surface area contributed by atoms with Crippen LogP contribution in [0.2, 0.25) is 0 Å². The second-order valence-electron chi connectivity index (χ2n) is 18.7. The monoisotopic (exact) mass is 855 g/mol. The minimum atomic E-state index is -0.590. The number of aryl methyl sites for hydroxylation is 1. The summed E-state index contributed by atoms with van der Waals surface area (Å²) in [6.07, 6.45) is 4.93. The molecule has 2 spiro atoms. The average Bonchev–Trinajstić information content (AvgIpc) is 3.67. The Morgan fingerprint density at radius 2 is 1.73 bits per heavy atom. The van der Waals surface area contributed by atoms with E-state index in [1.807, 2.05) is 67.3 Å². The molecule has 62 heavy (non-hydrogen) atoms. The first-order valence-corrected chi connectivity index (χ1v) is 22.8. The molecule has 14 nitrogen and oxygen atoms in total. The molecule has 3 amide bonds. The molecule has 5 aromatic rings. The van der Waals surface area contributed by atoms with Crippen molar-refractivity contribution in [3.8, 4) is 27.4 Å². The normalized spacial score (nSPS) is 23.3. The van der Waals surface area contributed by atoms with Crippen molar-refractivity contribution in [2.45, 2.75) is 89.8 Å². The summed E-state index contributed by atoms with van der Waals surface area (Å²) < 4.78 is 5.96. The number of fused-ring (bicyclic) bond motifs is 1. The summed E-state index contributed by atoms with van der Waals surface area (Å²) in [4.78, 5) is 53.7. The SMILES string of the molecule is Cc1ncsc1-c1ccc([C@H](C)NC(=O)[C@@H]2CC3(CC3)CN2C(=O)C(c2cc(N3CCN(C(=O)C4CC5(Cc6cc(-c7ccccc7O)nnc6N5)C4)CC3)no2)C(C)C)cc1. The zero-order valence-corrected chi connectivity index (χ0v) is 36.5. The molecule has 6 heterocycles. The van der Waals surface area contributed by atoms with E-state index in [1.165, 1.54) is 0 Å². The van der Waals surface area contributed by atoms with Gasteiger partial charge in [-0.3, -0.25) is 14.4 Å². The smallest absolute Gasteiger partial charge is 0.243 e. The molecule has 2 saturated carbocycles. The molecule has 0 bridgehead atoms. The molecule has 10 rings (SSSR count). The zero-order chi connectivity index (χ0) is 42.9. The molecular formula is C47H53N9O5S. The van der Waals surface area contributed by atoms with Crippen molar-refractivity contribution in [1.82, 2.24) is 35.5 Å². The van der Waals surface area contributed by atoms with Gasteiger partial charge in [-0.05, 0) is 93.0 Å². The number of carbonyl (C=O) groups excluding carboxylic acids is 3. The molecule has 2 aromatic carbocycles. The summed E-state index contributed by atoms with van der Waals surface area (Å²) in [5, 5.41) is 30.3. The maximum absolute atomic E-state index is 14.6. The lowest BCUT2D eigenvalue weighted by Crippen LogP contribution is -2.57. The van der Waals surface area contributed by atoms with Crippen molar-refractivity contribution in [3.63, 3.8) is 0 Å². The number of piperazine rings is 1. The van der Waals surface area contributed by atoms with Crippen LogP contribution in [-0.4, -0.2) is 97.3 Å². The average molecular weight is 856 g/mol. The first-order chi connectivity index (χ1) is 29.9. The lowest BCUT2D eigenvalue weighted by Gasteiger charge is -2.47. The number of rotatable bonds is 10. The Morgan fingerprint density at radius 1 is 0.968 bits per heavy atom. The number of nitrogens with one attached hydrogen (secondary N) is 2. The quantitative estimate of drug-likeness (QED) is 0.136. The van der Waals surface area contributed by atoms with Crippen LogP contribution in [0.4, 0.5) is 11.6 Å². The van der Waals surface area contributed by atoms with E-state index in [4.69, 9.17) is 4.52 Å². The molecule has 5 aliphatic rings. The van der Waals surface area contributed by atoms with Gasteiger partial charge in [0.15, 0.2) is 17.4 Å². The Bertz CT molecular complexity index is 2520. The van der Waals surface area contributed by atoms with Crippen LogP contribution in [-0.2, 0) is 20.8 Å². The molecule has 3 aliphatic heterocycles. The number of phenolic OH excluding ortho intramolecular Hbond substituents is 1. The third kappa shape index (κ3) is 7.37. The van der Waals surface area contributed by atoms with Crippen molar-refractivity contribution in [2.75, 3.05) is 42.9 Å². The first-order valence-electron chi connectivity index (χ1n) is 21.9. The van der Waals surface area contributed by atoms with E-state index in [0.29, 0.717) is 62.0 Å². The Kier molecular flexibility index (Phi) is 10.1. The Morgan fingerprint density at radius 3 is 2.42 bits per heavy atom. The fraction of sp³-hybridized carbons (Fsp3) is 0.468. The van der Waals surface area contributed by atoms with Crippen LogP contribution >= 0.6 is 11.3 Å². The molecule has 0 radical (unpaired) electrons. The molecule has 3 aromatic heterocycles. The van der Waals surface area contributed by atoms with Gasteiger partial charge in [0.2, 0.25) is 17.7 Å². The van der Waals surface area contributed by atoms with E-state index in [0.717, 1.165) is 65.2 Å². The van der Waals surface area contributed by atoms with Gasteiger partial charge in [-0.25, -0.2) is 4.98 Å². The maximum Gasteiger partial charge on any atom is 0.243 e. The third-order valence-electron chi connectivity index (χ3n) is 14.1. The second kappa shape index (κ2) is 15.5. The van der Waals surface area contributed by atoms with Crippen LogP contribution < -0.4 is 15.5 Å². The van der Waals surface area contributed by atoms with Crippen molar-refractivity contribution < 1.29 is 24.0 Å². The lowest BCUT2D eigenvalue weighted by molar-refractivity contribution is -0.141. The van der Waals surface area contributed by atoms with E-state index in [9.17, 15) is 19.5 Å². The van der Waals surface area contributed by atoms with E-state index in [1.54, 1.807) is 23.5 Å². The summed E-state index contributed by atoms with van der Waals surface area (Å²) in [5.41, 5.74) is 7.10. The molecule has 2 saturated heterocycles. The minimum Gasteiger partial charge on any atom is -0.507 e. The Labute approximate surface area is 365 Å². The summed E-state index contributed by atoms with van der Waals surface area (Å²) in [5.74, 6) is 1.29. The standard InChI is InChI=1S/C47H53N9O5S/c1-27(2)40(45(60)56-25-46(13-14-46)24-36(56)43(58)49-28(3)30-9-11-31(12-10-30)41-29(4)48-26-62-41)38-20-39(53-61-38)54-15-17-55(18-16-54)44(59)33-22-47(23-33)21-32-19-35(51-52-42(32)50-47)34-7-5-6-8-37(34)57/h5-12,19-20,26-28,33,36,40,57H,13-18,21-25H2,1-4H3,(H,49,58)(H,50,52)/t28-,33?,36-,40?,47?/m0/s1. The topological polar surface area (TPSA) is 170 Å². The van der Waals surface area contributed by atoms with E-state index < -0.39 is 12.0 Å². The highest BCUT2D eigenvalue weighted by molar-refractivity contribution is 7.13. The molecular weight excluding hydrogens is 803 g/mol. The molecule has 15 heteroatoms. The zero-order valence-electron chi connectivity index (χ0n) is 35.6. The highest BCUT2D eigenvalue weighted by atomic mass is 32.1. The van der Waals surface area contributed by atoms with E-state index in [-0.39, 0.29) is 52.3 Å². The first kappa shape index (κ1) is 40.3. The van der Waals surface area contributed by atoms with E-state index in [2.05, 4.69) is 60.1 Å². The van der Waals surface area contributed by atoms with E-state index >= 15 is 0 Å². The fourth-order valence-corrected chi connectivity index (χ4v) is 11.1. The number of thiazole rings is 1. The second-order valence-corrected chi connectivity index (χ2v) is 19.6. The van der Waals surface area contributed by atoms with Crippen molar-refractivity contribution in [2.24, 2.45) is 17.3 Å². The Balaban J connectivity index is 0.744. The van der Waals surface area contributed by atoms with Gasteiger partial charge in [0, 0.05) is 61.4 Å². The molecule has 3 N–H and O–H groups in total. The highest BCUT2D eigenvalue weighted by Crippen LogP contribution is 2.55. The largest absolute Gasteiger partial charge is 0.507 e.